The topological polar surface area (TPSA) is 52.6 Å². The molecule has 0 saturated carbocycles. The second-order valence-corrected chi connectivity index (χ2v) is 4.68. The standard InChI is InChI=1S/C14H16O4/c1-5-10-6-8-11(9-7-10)12(15)17-13(16)18-14(2,3)4/h5-9H,1H2,2-4H3. The van der Waals surface area contributed by atoms with Crippen molar-refractivity contribution >= 4 is 18.2 Å². The van der Waals surface area contributed by atoms with Crippen LogP contribution in [0, 0.1) is 0 Å². The van der Waals surface area contributed by atoms with Gasteiger partial charge in [-0.25, -0.2) is 9.59 Å². The van der Waals surface area contributed by atoms with E-state index in [1.807, 2.05) is 0 Å². The van der Waals surface area contributed by atoms with Crippen LogP contribution in [0.2, 0.25) is 0 Å². The molecule has 1 aromatic rings. The van der Waals surface area contributed by atoms with Crippen LogP contribution in [-0.2, 0) is 9.47 Å². The average molecular weight is 248 g/mol. The van der Waals surface area contributed by atoms with Crippen LogP contribution in [0.4, 0.5) is 4.79 Å². The van der Waals surface area contributed by atoms with Gasteiger partial charge in [-0.15, -0.1) is 0 Å². The van der Waals surface area contributed by atoms with Crippen molar-refractivity contribution in [2.24, 2.45) is 0 Å². The van der Waals surface area contributed by atoms with Crippen LogP contribution < -0.4 is 0 Å². The Balaban J connectivity index is 2.65. The fourth-order valence-electron chi connectivity index (χ4n) is 1.16. The quantitative estimate of drug-likeness (QED) is 0.594. The molecule has 0 heterocycles. The third kappa shape index (κ3) is 4.41. The SMILES string of the molecule is C=Cc1ccc(C(=O)OC(=O)OC(C)(C)C)cc1. The molecule has 18 heavy (non-hydrogen) atoms. The number of carbonyl (C=O) groups is 2. The summed E-state index contributed by atoms with van der Waals surface area (Å²) in [7, 11) is 0. The van der Waals surface area contributed by atoms with Crippen LogP contribution in [0.25, 0.3) is 6.08 Å². The fraction of sp³-hybridized carbons (Fsp3) is 0.286. The van der Waals surface area contributed by atoms with E-state index < -0.39 is 17.7 Å². The third-order valence-electron chi connectivity index (χ3n) is 1.95. The summed E-state index contributed by atoms with van der Waals surface area (Å²) in [4.78, 5) is 22.9. The van der Waals surface area contributed by atoms with Crippen LogP contribution >= 0.6 is 0 Å². The van der Waals surface area contributed by atoms with Crippen molar-refractivity contribution < 1.29 is 19.1 Å². The van der Waals surface area contributed by atoms with Gasteiger partial charge >= 0.3 is 12.1 Å². The predicted octanol–water partition coefficient (Wildman–Crippen LogP) is 3.42. The summed E-state index contributed by atoms with van der Waals surface area (Å²) in [6, 6.07) is 6.53. The minimum atomic E-state index is -1.000. The molecule has 0 aliphatic heterocycles. The number of hydrogen-bond acceptors (Lipinski definition) is 4. The maximum Gasteiger partial charge on any atom is 0.516 e. The summed E-state index contributed by atoms with van der Waals surface area (Å²) in [5.74, 6) is -0.736. The molecule has 0 atom stereocenters. The van der Waals surface area contributed by atoms with E-state index in [0.717, 1.165) is 5.56 Å². The summed E-state index contributed by atoms with van der Waals surface area (Å²) < 4.78 is 9.44. The first-order valence-electron chi connectivity index (χ1n) is 5.49. The molecule has 0 aliphatic rings. The molecule has 0 saturated heterocycles. The van der Waals surface area contributed by atoms with Gasteiger partial charge in [-0.2, -0.15) is 0 Å². The fourth-order valence-corrected chi connectivity index (χ4v) is 1.16. The van der Waals surface area contributed by atoms with Crippen molar-refractivity contribution in [3.05, 3.63) is 42.0 Å². The molecule has 1 aromatic carbocycles. The lowest BCUT2D eigenvalue weighted by Crippen LogP contribution is -2.26. The van der Waals surface area contributed by atoms with E-state index in [0.29, 0.717) is 0 Å². The smallest absolute Gasteiger partial charge is 0.428 e. The summed E-state index contributed by atoms with van der Waals surface area (Å²) in [6.07, 6.45) is 0.656. The second-order valence-electron chi connectivity index (χ2n) is 4.68. The highest BCUT2D eigenvalue weighted by molar-refractivity contribution is 5.95. The maximum absolute atomic E-state index is 11.6. The van der Waals surface area contributed by atoms with E-state index >= 15 is 0 Å². The highest BCUT2D eigenvalue weighted by Gasteiger charge is 2.20. The third-order valence-corrected chi connectivity index (χ3v) is 1.95. The number of esters is 1. The van der Waals surface area contributed by atoms with Gasteiger partial charge in [0.1, 0.15) is 5.60 Å². The maximum atomic E-state index is 11.6. The van der Waals surface area contributed by atoms with Gasteiger partial charge in [0, 0.05) is 0 Å². The minimum absolute atomic E-state index is 0.284. The van der Waals surface area contributed by atoms with Crippen LogP contribution in [0.3, 0.4) is 0 Å². The van der Waals surface area contributed by atoms with Gasteiger partial charge in [0.05, 0.1) is 5.56 Å². The Bertz CT molecular complexity index is 452. The van der Waals surface area contributed by atoms with Gasteiger partial charge in [-0.3, -0.25) is 0 Å². The Morgan fingerprint density at radius 1 is 1.17 bits per heavy atom. The number of rotatable bonds is 2. The number of ether oxygens (including phenoxy) is 2. The van der Waals surface area contributed by atoms with E-state index in [9.17, 15) is 9.59 Å². The molecular weight excluding hydrogens is 232 g/mol. The van der Waals surface area contributed by atoms with Gasteiger partial charge in [0.25, 0.3) is 0 Å². The lowest BCUT2D eigenvalue weighted by Gasteiger charge is -2.18. The molecule has 96 valence electrons. The Labute approximate surface area is 106 Å². The summed E-state index contributed by atoms with van der Waals surface area (Å²) in [6.45, 7) is 8.68. The Morgan fingerprint density at radius 3 is 2.17 bits per heavy atom. The van der Waals surface area contributed by atoms with Crippen LogP contribution in [0.1, 0.15) is 36.7 Å². The zero-order chi connectivity index (χ0) is 13.8. The predicted molar refractivity (Wildman–Crippen MR) is 68.2 cm³/mol. The highest BCUT2D eigenvalue weighted by atomic mass is 16.7. The Morgan fingerprint density at radius 2 is 1.72 bits per heavy atom. The molecule has 0 N–H and O–H groups in total. The normalized spacial score (nSPS) is 10.6. The molecule has 4 heteroatoms. The molecule has 0 spiro atoms. The number of hydrogen-bond donors (Lipinski definition) is 0. The lowest BCUT2D eigenvalue weighted by atomic mass is 10.1. The first-order chi connectivity index (χ1) is 8.31. The Kier molecular flexibility index (Phi) is 4.26. The molecule has 0 bridgehead atoms. The molecule has 0 aliphatic carbocycles. The van der Waals surface area contributed by atoms with Crippen LogP contribution in [0.15, 0.2) is 30.8 Å². The van der Waals surface area contributed by atoms with Gasteiger partial charge in [0.2, 0.25) is 0 Å². The first kappa shape index (κ1) is 14.0. The van der Waals surface area contributed by atoms with Crippen molar-refractivity contribution in [2.45, 2.75) is 26.4 Å². The van der Waals surface area contributed by atoms with E-state index in [1.54, 1.807) is 51.1 Å². The van der Waals surface area contributed by atoms with Gasteiger partial charge < -0.3 is 9.47 Å². The molecule has 1 rings (SSSR count). The molecular formula is C14H16O4. The average Bonchev–Trinajstić information content (AvgIpc) is 2.26. The lowest BCUT2D eigenvalue weighted by molar-refractivity contribution is -0.00154. The van der Waals surface area contributed by atoms with Crippen molar-refractivity contribution in [1.82, 2.24) is 0 Å². The molecule has 0 unspecified atom stereocenters. The monoisotopic (exact) mass is 248 g/mol. The Hall–Kier alpha value is -2.10. The molecule has 0 amide bonds. The summed E-state index contributed by atoms with van der Waals surface area (Å²) >= 11 is 0. The minimum Gasteiger partial charge on any atom is -0.428 e. The van der Waals surface area contributed by atoms with Crippen LogP contribution in [-0.4, -0.2) is 17.7 Å². The molecule has 0 aromatic heterocycles. The van der Waals surface area contributed by atoms with Crippen molar-refractivity contribution in [3.63, 3.8) is 0 Å². The highest BCUT2D eigenvalue weighted by Crippen LogP contribution is 2.11. The van der Waals surface area contributed by atoms with Gasteiger partial charge in [0.15, 0.2) is 0 Å². The largest absolute Gasteiger partial charge is 0.516 e. The van der Waals surface area contributed by atoms with E-state index in [1.165, 1.54) is 0 Å². The van der Waals surface area contributed by atoms with Gasteiger partial charge in [-0.1, -0.05) is 24.8 Å². The van der Waals surface area contributed by atoms with Gasteiger partial charge in [-0.05, 0) is 38.5 Å². The summed E-state index contributed by atoms with van der Waals surface area (Å²) in [5.41, 5.74) is 0.472. The first-order valence-corrected chi connectivity index (χ1v) is 5.49. The van der Waals surface area contributed by atoms with Crippen molar-refractivity contribution in [1.29, 1.82) is 0 Å². The number of carbonyl (C=O) groups excluding carboxylic acids is 2. The van der Waals surface area contributed by atoms with Crippen molar-refractivity contribution in [3.8, 4) is 0 Å². The second kappa shape index (κ2) is 5.49. The van der Waals surface area contributed by atoms with E-state index in [-0.39, 0.29) is 5.56 Å². The molecule has 0 fully saturated rings. The van der Waals surface area contributed by atoms with Crippen LogP contribution in [0.5, 0.6) is 0 Å². The zero-order valence-electron chi connectivity index (χ0n) is 10.7. The molecule has 4 nitrogen and oxygen atoms in total. The number of benzene rings is 1. The van der Waals surface area contributed by atoms with E-state index in [4.69, 9.17) is 4.74 Å². The van der Waals surface area contributed by atoms with E-state index in [2.05, 4.69) is 11.3 Å². The zero-order valence-corrected chi connectivity index (χ0v) is 10.7. The van der Waals surface area contributed by atoms with Crippen molar-refractivity contribution in [2.75, 3.05) is 0 Å². The summed E-state index contributed by atoms with van der Waals surface area (Å²) in [5, 5.41) is 0. The molecule has 0 radical (unpaired) electrons.